The lowest BCUT2D eigenvalue weighted by Gasteiger charge is -2.30. The molecule has 2 heterocycles. The van der Waals surface area contributed by atoms with Crippen LogP contribution in [0.1, 0.15) is 12.7 Å². The molecule has 0 aliphatic carbocycles. The number of piperazine rings is 1. The summed E-state index contributed by atoms with van der Waals surface area (Å²) in [6, 6.07) is 3.53. The molecule has 6 heteroatoms. The average Bonchev–Trinajstić information content (AvgIpc) is 2.66. The Morgan fingerprint density at radius 3 is 3.12 bits per heavy atom. The molecular weight excluding hydrogens is 210 g/mol. The van der Waals surface area contributed by atoms with Crippen LogP contribution in [-0.2, 0) is 6.54 Å². The summed E-state index contributed by atoms with van der Waals surface area (Å²) in [6.45, 7) is 5.59. The zero-order chi connectivity index (χ0) is 11.5. The monoisotopic (exact) mass is 225 g/mol. The van der Waals surface area contributed by atoms with Crippen LogP contribution in [0.5, 0.6) is 0 Å². The highest BCUT2D eigenvalue weighted by Crippen LogP contribution is 2.17. The summed E-state index contributed by atoms with van der Waals surface area (Å²) in [5.41, 5.74) is 0. The van der Waals surface area contributed by atoms with Crippen molar-refractivity contribution < 1.29 is 9.34 Å². The van der Waals surface area contributed by atoms with E-state index in [0.29, 0.717) is 18.3 Å². The molecular formula is C10H15N3O3. The molecule has 0 radical (unpaired) electrons. The van der Waals surface area contributed by atoms with Gasteiger partial charge in [-0.05, 0) is 13.0 Å². The predicted octanol–water partition coefficient (Wildman–Crippen LogP) is 0.982. The number of furan rings is 1. The van der Waals surface area contributed by atoms with E-state index in [4.69, 9.17) is 4.42 Å². The Morgan fingerprint density at radius 1 is 1.69 bits per heavy atom. The first-order valence-corrected chi connectivity index (χ1v) is 5.34. The van der Waals surface area contributed by atoms with Gasteiger partial charge in [0.2, 0.25) is 0 Å². The van der Waals surface area contributed by atoms with Gasteiger partial charge < -0.3 is 9.73 Å². The molecule has 1 fully saturated rings. The largest absolute Gasteiger partial charge is 0.433 e. The van der Waals surface area contributed by atoms with Gasteiger partial charge in [0.15, 0.2) is 0 Å². The molecule has 1 aromatic heterocycles. The second-order valence-electron chi connectivity index (χ2n) is 4.09. The lowest BCUT2D eigenvalue weighted by molar-refractivity contribution is -0.402. The first-order valence-electron chi connectivity index (χ1n) is 5.34. The number of hydrogen-bond acceptors (Lipinski definition) is 5. The first kappa shape index (κ1) is 11.1. The fraction of sp³-hybridized carbons (Fsp3) is 0.600. The highest BCUT2D eigenvalue weighted by atomic mass is 16.6. The molecule has 2 rings (SSSR count). The normalized spacial score (nSPS) is 22.2. The van der Waals surface area contributed by atoms with Crippen LogP contribution in [0.4, 0.5) is 5.88 Å². The fourth-order valence-corrected chi connectivity index (χ4v) is 1.93. The first-order chi connectivity index (χ1) is 7.65. The summed E-state index contributed by atoms with van der Waals surface area (Å²) in [4.78, 5) is 12.2. The van der Waals surface area contributed by atoms with Crippen LogP contribution in [0.25, 0.3) is 0 Å². The molecule has 16 heavy (non-hydrogen) atoms. The van der Waals surface area contributed by atoms with E-state index in [1.165, 1.54) is 6.07 Å². The van der Waals surface area contributed by atoms with Crippen molar-refractivity contribution in [2.75, 3.05) is 19.6 Å². The second kappa shape index (κ2) is 4.63. The SMILES string of the molecule is C[C@@H]1CN(Cc2ccc([N+](=O)[O-])o2)CCN1. The summed E-state index contributed by atoms with van der Waals surface area (Å²) in [6.07, 6.45) is 0. The Balaban J connectivity index is 1.95. The molecule has 0 aromatic carbocycles. The van der Waals surface area contributed by atoms with Crippen molar-refractivity contribution in [3.8, 4) is 0 Å². The van der Waals surface area contributed by atoms with E-state index < -0.39 is 4.92 Å². The van der Waals surface area contributed by atoms with Crippen molar-refractivity contribution in [1.82, 2.24) is 10.2 Å². The third-order valence-corrected chi connectivity index (χ3v) is 2.66. The van der Waals surface area contributed by atoms with E-state index in [1.54, 1.807) is 6.07 Å². The number of hydrogen-bond donors (Lipinski definition) is 1. The maximum Gasteiger partial charge on any atom is 0.433 e. The molecule has 1 atom stereocenters. The van der Waals surface area contributed by atoms with Crippen LogP contribution in [0.15, 0.2) is 16.5 Å². The van der Waals surface area contributed by atoms with Crippen molar-refractivity contribution in [2.24, 2.45) is 0 Å². The van der Waals surface area contributed by atoms with Gasteiger partial charge in [-0.25, -0.2) is 0 Å². The number of nitro groups is 1. The van der Waals surface area contributed by atoms with Crippen molar-refractivity contribution in [3.63, 3.8) is 0 Å². The summed E-state index contributed by atoms with van der Waals surface area (Å²) in [5.74, 6) is 0.471. The summed E-state index contributed by atoms with van der Waals surface area (Å²) >= 11 is 0. The van der Waals surface area contributed by atoms with Crippen molar-refractivity contribution in [1.29, 1.82) is 0 Å². The summed E-state index contributed by atoms with van der Waals surface area (Å²) < 4.78 is 5.12. The molecule has 0 saturated carbocycles. The lowest BCUT2D eigenvalue weighted by atomic mass is 10.2. The van der Waals surface area contributed by atoms with Crippen molar-refractivity contribution >= 4 is 5.88 Å². The van der Waals surface area contributed by atoms with E-state index >= 15 is 0 Å². The van der Waals surface area contributed by atoms with Crippen LogP contribution in [-0.4, -0.2) is 35.5 Å². The quantitative estimate of drug-likeness (QED) is 0.613. The van der Waals surface area contributed by atoms with Gasteiger partial charge in [-0.1, -0.05) is 0 Å². The molecule has 1 saturated heterocycles. The fourth-order valence-electron chi connectivity index (χ4n) is 1.93. The molecule has 1 aliphatic heterocycles. The molecule has 1 N–H and O–H groups in total. The van der Waals surface area contributed by atoms with Crippen LogP contribution in [0.2, 0.25) is 0 Å². The van der Waals surface area contributed by atoms with E-state index in [9.17, 15) is 10.1 Å². The van der Waals surface area contributed by atoms with Crippen LogP contribution < -0.4 is 5.32 Å². The van der Waals surface area contributed by atoms with Crippen LogP contribution >= 0.6 is 0 Å². The Labute approximate surface area is 93.4 Å². The maximum atomic E-state index is 10.4. The van der Waals surface area contributed by atoms with E-state index in [1.807, 2.05) is 0 Å². The average molecular weight is 225 g/mol. The third-order valence-electron chi connectivity index (χ3n) is 2.66. The summed E-state index contributed by atoms with van der Waals surface area (Å²) in [7, 11) is 0. The smallest absolute Gasteiger partial charge is 0.404 e. The molecule has 0 spiro atoms. The Kier molecular flexibility index (Phi) is 3.21. The number of nitrogens with zero attached hydrogens (tertiary/aromatic N) is 2. The van der Waals surface area contributed by atoms with Gasteiger partial charge in [0, 0.05) is 25.7 Å². The molecule has 88 valence electrons. The molecule has 1 aliphatic rings. The molecule has 1 aromatic rings. The van der Waals surface area contributed by atoms with Crippen molar-refractivity contribution in [3.05, 3.63) is 28.0 Å². The van der Waals surface area contributed by atoms with E-state index in [2.05, 4.69) is 17.1 Å². The standard InChI is InChI=1S/C10H15N3O3/c1-8-6-12(5-4-11-8)7-9-2-3-10(16-9)13(14)15/h2-3,8,11H,4-7H2,1H3/t8-/m1/s1. The third kappa shape index (κ3) is 2.59. The molecule has 0 bridgehead atoms. The van der Waals surface area contributed by atoms with Gasteiger partial charge in [0.1, 0.15) is 10.7 Å². The minimum Gasteiger partial charge on any atom is -0.404 e. The van der Waals surface area contributed by atoms with Crippen LogP contribution in [0, 0.1) is 10.1 Å². The van der Waals surface area contributed by atoms with Gasteiger partial charge in [0.25, 0.3) is 0 Å². The Hall–Kier alpha value is -1.40. The van der Waals surface area contributed by atoms with Gasteiger partial charge in [-0.3, -0.25) is 15.0 Å². The maximum absolute atomic E-state index is 10.4. The zero-order valence-corrected chi connectivity index (χ0v) is 9.18. The molecule has 0 amide bonds. The number of rotatable bonds is 3. The highest BCUT2D eigenvalue weighted by Gasteiger charge is 2.18. The van der Waals surface area contributed by atoms with Gasteiger partial charge >= 0.3 is 5.88 Å². The minimum atomic E-state index is -0.510. The van der Waals surface area contributed by atoms with Crippen molar-refractivity contribution in [2.45, 2.75) is 19.5 Å². The highest BCUT2D eigenvalue weighted by molar-refractivity contribution is 5.17. The van der Waals surface area contributed by atoms with Gasteiger partial charge in [0.05, 0.1) is 12.6 Å². The molecule has 0 unspecified atom stereocenters. The summed E-state index contributed by atoms with van der Waals surface area (Å²) in [5, 5.41) is 13.8. The lowest BCUT2D eigenvalue weighted by Crippen LogP contribution is -2.48. The Morgan fingerprint density at radius 2 is 2.50 bits per heavy atom. The minimum absolute atomic E-state index is 0.182. The van der Waals surface area contributed by atoms with Gasteiger partial charge in [-0.2, -0.15) is 0 Å². The Bertz CT molecular complexity index is 377. The second-order valence-corrected chi connectivity index (χ2v) is 4.09. The van der Waals surface area contributed by atoms with Gasteiger partial charge in [-0.15, -0.1) is 0 Å². The number of nitrogens with one attached hydrogen (secondary N) is 1. The molecule has 6 nitrogen and oxygen atoms in total. The van der Waals surface area contributed by atoms with E-state index in [0.717, 1.165) is 19.6 Å². The zero-order valence-electron chi connectivity index (χ0n) is 9.18. The predicted molar refractivity (Wildman–Crippen MR) is 58.1 cm³/mol. The van der Waals surface area contributed by atoms with E-state index in [-0.39, 0.29) is 5.88 Å². The topological polar surface area (TPSA) is 71.5 Å². The van der Waals surface area contributed by atoms with Crippen LogP contribution in [0.3, 0.4) is 0 Å².